The van der Waals surface area contributed by atoms with E-state index in [1.807, 2.05) is 0 Å². The van der Waals surface area contributed by atoms with Gasteiger partial charge in [0.25, 0.3) is 0 Å². The molecule has 1 unspecified atom stereocenters. The molecule has 0 radical (unpaired) electrons. The van der Waals surface area contributed by atoms with Crippen molar-refractivity contribution in [3.63, 3.8) is 0 Å². The number of alkyl carbamates (subject to hydrolysis) is 2. The molecule has 1 fully saturated rings. The first-order valence-electron chi connectivity index (χ1n) is 13.1. The molecule has 0 aliphatic heterocycles. The average molecular weight is 503 g/mol. The highest BCUT2D eigenvalue weighted by Crippen LogP contribution is 2.28. The lowest BCUT2D eigenvalue weighted by Crippen LogP contribution is -2.47. The summed E-state index contributed by atoms with van der Waals surface area (Å²) in [5.74, 6) is 1.61. The van der Waals surface area contributed by atoms with Gasteiger partial charge in [0, 0.05) is 13.1 Å². The van der Waals surface area contributed by atoms with Crippen molar-refractivity contribution in [2.24, 2.45) is 16.8 Å². The Morgan fingerprint density at radius 2 is 1.39 bits per heavy atom. The molecule has 1 aromatic rings. The van der Waals surface area contributed by atoms with Gasteiger partial charge in [0.05, 0.1) is 0 Å². The number of nitrogens with one attached hydrogen (secondary N) is 3. The summed E-state index contributed by atoms with van der Waals surface area (Å²) in [6, 6.07) is 10.6. The highest BCUT2D eigenvalue weighted by molar-refractivity contribution is 6.01. The van der Waals surface area contributed by atoms with E-state index in [9.17, 15) is 9.59 Å². The highest BCUT2D eigenvalue weighted by Gasteiger charge is 2.24. The topological polar surface area (TPSA) is 101 Å². The number of carbonyl (C=O) groups is 2. The number of benzene rings is 1. The van der Waals surface area contributed by atoms with Gasteiger partial charge in [0.2, 0.25) is 5.96 Å². The van der Waals surface area contributed by atoms with Crippen molar-refractivity contribution in [2.45, 2.75) is 91.3 Å². The van der Waals surface area contributed by atoms with Crippen LogP contribution in [0.4, 0.5) is 9.59 Å². The van der Waals surface area contributed by atoms with Crippen LogP contribution in [0.2, 0.25) is 0 Å². The van der Waals surface area contributed by atoms with Gasteiger partial charge in [-0.1, -0.05) is 37.3 Å². The number of guanidine groups is 1. The van der Waals surface area contributed by atoms with Gasteiger partial charge in [0.1, 0.15) is 11.2 Å². The molecule has 2 rings (SSSR count). The van der Waals surface area contributed by atoms with Gasteiger partial charge in [0.15, 0.2) is 0 Å². The zero-order chi connectivity index (χ0) is 26.8. The van der Waals surface area contributed by atoms with Gasteiger partial charge in [-0.05, 0) is 97.1 Å². The van der Waals surface area contributed by atoms with Crippen LogP contribution in [0.15, 0.2) is 35.3 Å². The second kappa shape index (κ2) is 13.6. The Hall–Kier alpha value is -2.61. The molecular formula is C28H46N4O4. The Bertz CT molecular complexity index is 819. The molecule has 0 spiro atoms. The monoisotopic (exact) mass is 502 g/mol. The van der Waals surface area contributed by atoms with Crippen LogP contribution in [0, 0.1) is 11.8 Å². The summed E-state index contributed by atoms with van der Waals surface area (Å²) in [6.07, 6.45) is 3.07. The molecule has 2 amide bonds. The molecule has 1 aromatic carbocycles. The lowest BCUT2D eigenvalue weighted by atomic mass is 9.82. The van der Waals surface area contributed by atoms with E-state index in [2.05, 4.69) is 58.2 Å². The zero-order valence-electron chi connectivity index (χ0n) is 23.1. The Balaban J connectivity index is 1.82. The average Bonchev–Trinajstić information content (AvgIpc) is 2.76. The summed E-state index contributed by atoms with van der Waals surface area (Å²) < 4.78 is 10.6. The van der Waals surface area contributed by atoms with E-state index in [1.165, 1.54) is 5.56 Å². The molecule has 0 heterocycles. The number of aliphatic imine (C=N–C) groups is 1. The van der Waals surface area contributed by atoms with Crippen molar-refractivity contribution in [1.82, 2.24) is 16.0 Å². The first-order chi connectivity index (χ1) is 16.8. The number of amides is 2. The summed E-state index contributed by atoms with van der Waals surface area (Å²) in [5.41, 5.74) is 0.0427. The molecule has 3 N–H and O–H groups in total. The van der Waals surface area contributed by atoms with Crippen molar-refractivity contribution in [3.05, 3.63) is 35.9 Å². The van der Waals surface area contributed by atoms with Crippen LogP contribution in [0.25, 0.3) is 0 Å². The van der Waals surface area contributed by atoms with Crippen LogP contribution in [-0.2, 0) is 9.47 Å². The summed E-state index contributed by atoms with van der Waals surface area (Å²) in [4.78, 5) is 29.0. The maximum atomic E-state index is 12.3. The van der Waals surface area contributed by atoms with Gasteiger partial charge >= 0.3 is 12.2 Å². The largest absolute Gasteiger partial charge is 0.444 e. The number of carbonyl (C=O) groups excluding carboxylic acids is 2. The quantitative estimate of drug-likeness (QED) is 0.333. The van der Waals surface area contributed by atoms with E-state index in [0.717, 1.165) is 38.8 Å². The minimum Gasteiger partial charge on any atom is -0.444 e. The van der Waals surface area contributed by atoms with Crippen LogP contribution in [-0.4, -0.2) is 49.0 Å². The van der Waals surface area contributed by atoms with Crippen LogP contribution >= 0.6 is 0 Å². The molecule has 1 aliphatic rings. The molecule has 0 saturated heterocycles. The fourth-order valence-corrected chi connectivity index (χ4v) is 4.15. The van der Waals surface area contributed by atoms with Gasteiger partial charge in [-0.15, -0.1) is 0 Å². The molecule has 8 nitrogen and oxygen atoms in total. The fraction of sp³-hybridized carbons (Fsp3) is 0.679. The van der Waals surface area contributed by atoms with E-state index in [0.29, 0.717) is 24.3 Å². The first kappa shape index (κ1) is 29.6. The normalized spacial score (nSPS) is 19.1. The Morgan fingerprint density at radius 1 is 0.889 bits per heavy atom. The van der Waals surface area contributed by atoms with Crippen LogP contribution < -0.4 is 16.0 Å². The Kier molecular flexibility index (Phi) is 11.2. The lowest BCUT2D eigenvalue weighted by molar-refractivity contribution is 0.0545. The molecule has 1 saturated carbocycles. The molecule has 1 atom stereocenters. The SMILES string of the molecule is CC(CNCC1CCC(CN=C(NC(=O)OC(C)(C)C)NC(=O)OC(C)(C)C)CC1)c1ccccc1. The minimum absolute atomic E-state index is 0.0530. The third-order valence-electron chi connectivity index (χ3n) is 5.96. The highest BCUT2D eigenvalue weighted by atomic mass is 16.6. The van der Waals surface area contributed by atoms with Crippen LogP contribution in [0.3, 0.4) is 0 Å². The van der Waals surface area contributed by atoms with Crippen LogP contribution in [0.1, 0.15) is 85.6 Å². The molecule has 0 bridgehead atoms. The molecular weight excluding hydrogens is 456 g/mol. The number of hydrogen-bond donors (Lipinski definition) is 3. The number of nitrogens with zero attached hydrogens (tertiary/aromatic N) is 1. The third kappa shape index (κ3) is 12.4. The molecule has 8 heteroatoms. The predicted octanol–water partition coefficient (Wildman–Crippen LogP) is 5.59. The Labute approximate surface area is 217 Å². The maximum absolute atomic E-state index is 12.3. The van der Waals surface area contributed by atoms with Gasteiger partial charge in [-0.25, -0.2) is 9.59 Å². The van der Waals surface area contributed by atoms with Crippen LogP contribution in [0.5, 0.6) is 0 Å². The van der Waals surface area contributed by atoms with Crippen molar-refractivity contribution in [1.29, 1.82) is 0 Å². The summed E-state index contributed by atoms with van der Waals surface area (Å²) >= 11 is 0. The second-order valence-electron chi connectivity index (χ2n) is 11.8. The fourth-order valence-electron chi connectivity index (χ4n) is 4.15. The standard InChI is InChI=1S/C28H46N4O4/c1-20(23-11-9-8-10-12-23)17-29-18-21-13-15-22(16-14-21)19-30-24(31-25(33)35-27(2,3)4)32-26(34)36-28(5,6)7/h8-12,20-22,29H,13-19H2,1-7H3,(H2,30,31,32,33,34). The van der Waals surface area contributed by atoms with Crippen molar-refractivity contribution in [3.8, 4) is 0 Å². The molecule has 0 aromatic heterocycles. The predicted molar refractivity (Wildman–Crippen MR) is 144 cm³/mol. The first-order valence-corrected chi connectivity index (χ1v) is 13.1. The van der Waals surface area contributed by atoms with E-state index < -0.39 is 23.4 Å². The number of rotatable bonds is 7. The number of hydrogen-bond acceptors (Lipinski definition) is 6. The molecule has 1 aliphatic carbocycles. The van der Waals surface area contributed by atoms with Gasteiger partial charge < -0.3 is 14.8 Å². The van der Waals surface area contributed by atoms with E-state index >= 15 is 0 Å². The smallest absolute Gasteiger partial charge is 0.414 e. The van der Waals surface area contributed by atoms with Crippen molar-refractivity contribution >= 4 is 18.1 Å². The van der Waals surface area contributed by atoms with Crippen molar-refractivity contribution in [2.75, 3.05) is 19.6 Å². The van der Waals surface area contributed by atoms with Gasteiger partial charge in [-0.2, -0.15) is 0 Å². The third-order valence-corrected chi connectivity index (χ3v) is 5.96. The summed E-state index contributed by atoms with van der Waals surface area (Å²) in [6.45, 7) is 15.4. The summed E-state index contributed by atoms with van der Waals surface area (Å²) in [5, 5.41) is 8.76. The zero-order valence-corrected chi connectivity index (χ0v) is 23.1. The van der Waals surface area contributed by atoms with Gasteiger partial charge in [-0.3, -0.25) is 15.6 Å². The minimum atomic E-state index is -0.670. The molecule has 36 heavy (non-hydrogen) atoms. The van der Waals surface area contributed by atoms with E-state index in [4.69, 9.17) is 9.47 Å². The van der Waals surface area contributed by atoms with Crippen molar-refractivity contribution < 1.29 is 19.1 Å². The maximum Gasteiger partial charge on any atom is 0.414 e. The van der Waals surface area contributed by atoms with E-state index in [-0.39, 0.29) is 5.96 Å². The van der Waals surface area contributed by atoms with E-state index in [1.54, 1.807) is 41.5 Å². The lowest BCUT2D eigenvalue weighted by Gasteiger charge is -2.28. The number of ether oxygens (including phenoxy) is 2. The molecule has 202 valence electrons. The summed E-state index contributed by atoms with van der Waals surface area (Å²) in [7, 11) is 0. The second-order valence-corrected chi connectivity index (χ2v) is 11.8. The Morgan fingerprint density at radius 3 is 1.89 bits per heavy atom.